The molecule has 158 valence electrons. The molecule has 0 aromatic heterocycles. The largest absolute Gasteiger partial charge is 0.124 e. The Labute approximate surface area is 166 Å². The number of rotatable bonds is 8. The van der Waals surface area contributed by atoms with Crippen LogP contribution in [0, 0.1) is 18.8 Å². The van der Waals surface area contributed by atoms with Crippen molar-refractivity contribution in [2.75, 3.05) is 0 Å². The summed E-state index contributed by atoms with van der Waals surface area (Å²) in [4.78, 5) is 0. The topological polar surface area (TPSA) is 0 Å². The average Bonchev–Trinajstić information content (AvgIpc) is 2.67. The van der Waals surface area contributed by atoms with Gasteiger partial charge < -0.3 is 0 Å². The van der Waals surface area contributed by atoms with Crippen molar-refractivity contribution >= 4 is 0 Å². The fourth-order valence-electron chi connectivity index (χ4n) is 1.03. The zero-order chi connectivity index (χ0) is 21.4. The molecule has 0 aliphatic rings. The third-order valence-corrected chi connectivity index (χ3v) is 3.23. The molecular formula is C25H58. The van der Waals surface area contributed by atoms with Gasteiger partial charge in [-0.05, 0) is 5.92 Å². The Morgan fingerprint density at radius 1 is 0.480 bits per heavy atom. The highest BCUT2D eigenvalue weighted by molar-refractivity contribution is 4.47. The Kier molecular flexibility index (Phi) is 103. The maximum atomic E-state index is 4.00. The van der Waals surface area contributed by atoms with Crippen molar-refractivity contribution in [3.05, 3.63) is 0 Å². The molecule has 0 bridgehead atoms. The second-order valence-corrected chi connectivity index (χ2v) is 6.22. The molecule has 0 nitrogen and oxygen atoms in total. The predicted octanol–water partition coefficient (Wildman–Crippen LogP) is 10.3. The van der Waals surface area contributed by atoms with Gasteiger partial charge in [-0.2, -0.15) is 0 Å². The fourth-order valence-corrected chi connectivity index (χ4v) is 1.03. The first-order valence-corrected chi connectivity index (χ1v) is 11.3. The Morgan fingerprint density at radius 2 is 0.720 bits per heavy atom. The molecule has 0 unspecified atom stereocenters. The van der Waals surface area contributed by atoms with Gasteiger partial charge in [-0.1, -0.05) is 147 Å². The normalized spacial score (nSPS) is 7.76. The summed E-state index contributed by atoms with van der Waals surface area (Å²) in [5, 5.41) is 0. The van der Waals surface area contributed by atoms with Crippen LogP contribution in [0.5, 0.6) is 0 Å². The van der Waals surface area contributed by atoms with Gasteiger partial charge in [0.25, 0.3) is 0 Å². The molecule has 0 amide bonds. The molecule has 0 heteroatoms. The molecular weight excluding hydrogens is 300 g/mol. The van der Waals surface area contributed by atoms with Gasteiger partial charge in [-0.25, -0.2) is 0 Å². The van der Waals surface area contributed by atoms with Crippen LogP contribution in [-0.2, 0) is 0 Å². The van der Waals surface area contributed by atoms with Gasteiger partial charge in [0.15, 0.2) is 0 Å². The maximum Gasteiger partial charge on any atom is -0.0474 e. The molecule has 0 aliphatic carbocycles. The lowest BCUT2D eigenvalue weighted by atomic mass is 10.2. The molecule has 0 aliphatic heterocycles. The first kappa shape index (κ1) is 39.6. The summed E-state index contributed by atoms with van der Waals surface area (Å²) in [6, 6.07) is 0. The Hall–Kier alpha value is -0.440. The van der Waals surface area contributed by atoms with Gasteiger partial charge in [0.2, 0.25) is 0 Å². The van der Waals surface area contributed by atoms with E-state index in [0.717, 1.165) is 5.92 Å². The van der Waals surface area contributed by atoms with E-state index in [9.17, 15) is 0 Å². The lowest BCUT2D eigenvalue weighted by molar-refractivity contribution is 0.626. The van der Waals surface area contributed by atoms with Crippen molar-refractivity contribution in [3.8, 4) is 12.8 Å². The molecule has 0 atom stereocenters. The molecule has 0 aromatic rings. The standard InChI is InChI=1S/C7H16.2C5H12.C4H10.C2H6.C2H2/c1-3-5-7-6-4-2;1-4-5(2)3;1-3-5-4-2;1-3-4-2;2*1-2/h3-7H2,1-2H3;5H,4H2,1-3H3;3-5H2,1-2H3;3-4H2,1-2H3;1-2H3;1-2H. The SMILES string of the molecule is C#C.CC.CCC(C)C.CCCC.CCCCC.CCCCCCC. The summed E-state index contributed by atoms with van der Waals surface area (Å²) >= 11 is 0. The second-order valence-electron chi connectivity index (χ2n) is 6.22. The van der Waals surface area contributed by atoms with Gasteiger partial charge in [-0.15, -0.1) is 12.8 Å². The number of hydrogen-bond donors (Lipinski definition) is 0. The molecule has 0 N–H and O–H groups in total. The van der Waals surface area contributed by atoms with E-state index in [1.54, 1.807) is 0 Å². The monoisotopic (exact) mass is 358 g/mol. The first-order valence-electron chi connectivity index (χ1n) is 11.3. The van der Waals surface area contributed by atoms with E-state index in [2.05, 4.69) is 75.2 Å². The van der Waals surface area contributed by atoms with E-state index in [1.165, 1.54) is 70.6 Å². The van der Waals surface area contributed by atoms with Crippen molar-refractivity contribution < 1.29 is 0 Å². The van der Waals surface area contributed by atoms with Crippen molar-refractivity contribution in [2.45, 2.75) is 147 Å². The van der Waals surface area contributed by atoms with Crippen LogP contribution in [0.3, 0.4) is 0 Å². The van der Waals surface area contributed by atoms with E-state index in [1.807, 2.05) is 13.8 Å². The van der Waals surface area contributed by atoms with Gasteiger partial charge in [-0.3, -0.25) is 0 Å². The number of hydrogen-bond acceptors (Lipinski definition) is 0. The average molecular weight is 359 g/mol. The molecule has 0 saturated heterocycles. The van der Waals surface area contributed by atoms with Crippen LogP contribution in [0.25, 0.3) is 0 Å². The minimum atomic E-state index is 0.884. The van der Waals surface area contributed by atoms with E-state index < -0.39 is 0 Å². The first-order chi connectivity index (χ1) is 12.0. The smallest absolute Gasteiger partial charge is 0.0474 e. The highest BCUT2D eigenvalue weighted by Gasteiger charge is 1.80. The van der Waals surface area contributed by atoms with Gasteiger partial charge >= 0.3 is 0 Å². The summed E-state index contributed by atoms with van der Waals surface area (Å²) in [7, 11) is 0. The van der Waals surface area contributed by atoms with Crippen LogP contribution >= 0.6 is 0 Å². The van der Waals surface area contributed by atoms with Gasteiger partial charge in [0.1, 0.15) is 0 Å². The summed E-state index contributed by atoms with van der Waals surface area (Å²) in [6.45, 7) is 23.9. The second kappa shape index (κ2) is 65.2. The highest BCUT2D eigenvalue weighted by Crippen LogP contribution is 2.00. The van der Waals surface area contributed by atoms with E-state index in [4.69, 9.17) is 0 Å². The third-order valence-electron chi connectivity index (χ3n) is 3.23. The molecule has 0 rings (SSSR count). The molecule has 0 aromatic carbocycles. The minimum absolute atomic E-state index is 0.884. The van der Waals surface area contributed by atoms with E-state index in [-0.39, 0.29) is 0 Å². The number of unbranched alkanes of at least 4 members (excludes halogenated alkanes) is 7. The molecule has 0 spiro atoms. The molecule has 0 fully saturated rings. The van der Waals surface area contributed by atoms with Crippen LogP contribution in [0.15, 0.2) is 0 Å². The van der Waals surface area contributed by atoms with Crippen molar-refractivity contribution in [1.29, 1.82) is 0 Å². The van der Waals surface area contributed by atoms with Gasteiger partial charge in [0, 0.05) is 0 Å². The molecule has 0 heterocycles. The Bertz CT molecular complexity index is 124. The van der Waals surface area contributed by atoms with Crippen molar-refractivity contribution in [3.63, 3.8) is 0 Å². The predicted molar refractivity (Wildman–Crippen MR) is 127 cm³/mol. The highest BCUT2D eigenvalue weighted by atomic mass is 13.9. The Morgan fingerprint density at radius 3 is 0.800 bits per heavy atom. The lowest BCUT2D eigenvalue weighted by Crippen LogP contribution is -1.77. The Balaban J connectivity index is -0.0000000457. The van der Waals surface area contributed by atoms with Crippen LogP contribution in [-0.4, -0.2) is 0 Å². The lowest BCUT2D eigenvalue weighted by Gasteiger charge is -1.90. The van der Waals surface area contributed by atoms with E-state index >= 15 is 0 Å². The minimum Gasteiger partial charge on any atom is -0.124 e. The van der Waals surface area contributed by atoms with Crippen LogP contribution < -0.4 is 0 Å². The van der Waals surface area contributed by atoms with Crippen LogP contribution in [0.4, 0.5) is 0 Å². The van der Waals surface area contributed by atoms with Crippen molar-refractivity contribution in [2.24, 2.45) is 5.92 Å². The third kappa shape index (κ3) is 149. The molecule has 0 saturated carbocycles. The quantitative estimate of drug-likeness (QED) is 0.299. The van der Waals surface area contributed by atoms with Gasteiger partial charge in [0.05, 0.1) is 0 Å². The number of terminal acetylenes is 1. The van der Waals surface area contributed by atoms with Crippen molar-refractivity contribution in [1.82, 2.24) is 0 Å². The summed E-state index contributed by atoms with van der Waals surface area (Å²) < 4.78 is 0. The summed E-state index contributed by atoms with van der Waals surface area (Å²) in [5.41, 5.74) is 0. The molecule has 25 heavy (non-hydrogen) atoms. The maximum absolute atomic E-state index is 4.00. The van der Waals surface area contributed by atoms with Crippen LogP contribution in [0.2, 0.25) is 0 Å². The summed E-state index contributed by atoms with van der Waals surface area (Å²) in [5.74, 6) is 0.884. The zero-order valence-electron chi connectivity index (χ0n) is 20.5. The fraction of sp³-hybridized carbons (Fsp3) is 0.920. The summed E-state index contributed by atoms with van der Waals surface area (Å²) in [6.07, 6.45) is 23.0. The molecule has 0 radical (unpaired) electrons. The van der Waals surface area contributed by atoms with Crippen LogP contribution in [0.1, 0.15) is 147 Å². The van der Waals surface area contributed by atoms with E-state index in [0.29, 0.717) is 0 Å². The zero-order valence-corrected chi connectivity index (χ0v) is 20.5.